The van der Waals surface area contributed by atoms with E-state index < -0.39 is 0 Å². The van der Waals surface area contributed by atoms with Crippen molar-refractivity contribution < 1.29 is 28.3 Å². The van der Waals surface area contributed by atoms with E-state index in [1.54, 1.807) is 12.1 Å². The number of hydrogen-bond donors (Lipinski definition) is 2. The summed E-state index contributed by atoms with van der Waals surface area (Å²) in [5.41, 5.74) is 0. The van der Waals surface area contributed by atoms with E-state index in [4.69, 9.17) is 9.15 Å². The normalized spacial score (nSPS) is 21.9. The summed E-state index contributed by atoms with van der Waals surface area (Å²) in [5.74, 6) is 8.64. The highest BCUT2D eigenvalue weighted by Crippen LogP contribution is 2.52. The van der Waals surface area contributed by atoms with Crippen molar-refractivity contribution in [1.29, 1.82) is 0 Å². The summed E-state index contributed by atoms with van der Waals surface area (Å²) in [6, 6.07) is 3.47. The van der Waals surface area contributed by atoms with E-state index in [9.17, 15) is 19.2 Å². The smallest absolute Gasteiger partial charge is 0.407 e. The summed E-state index contributed by atoms with van der Waals surface area (Å²) >= 11 is 0. The number of aryl methyl sites for hydroxylation is 1. The van der Waals surface area contributed by atoms with Gasteiger partial charge < -0.3 is 24.7 Å². The number of anilines is 1. The standard InChI is InChI=1S/C29H38N4O6/c1-2-26(35)32-17-18-33(27(36)19-32)28-14-12-21(39-28)11-13-25(34)30-15-7-8-16-31-29(37)38-20-24-22-9-5-3-4-6-10-23(22)24/h2,12,14,22-24H,1,5-11,13,15-20H2,(H,30,34)(H,31,37). The molecule has 2 unspecified atom stereocenters. The van der Waals surface area contributed by atoms with Gasteiger partial charge in [0, 0.05) is 57.9 Å². The van der Waals surface area contributed by atoms with E-state index >= 15 is 0 Å². The van der Waals surface area contributed by atoms with E-state index in [2.05, 4.69) is 29.1 Å². The topological polar surface area (TPSA) is 121 Å². The molecule has 0 radical (unpaired) electrons. The van der Waals surface area contributed by atoms with E-state index in [-0.39, 0.29) is 36.8 Å². The highest BCUT2D eigenvalue weighted by Gasteiger charge is 2.49. The molecular weight excluding hydrogens is 500 g/mol. The van der Waals surface area contributed by atoms with Crippen LogP contribution in [-0.2, 0) is 25.5 Å². The highest BCUT2D eigenvalue weighted by atomic mass is 16.5. The van der Waals surface area contributed by atoms with Crippen molar-refractivity contribution in [3.63, 3.8) is 0 Å². The number of nitrogens with zero attached hydrogens (tertiary/aromatic N) is 2. The van der Waals surface area contributed by atoms with Gasteiger partial charge in [-0.1, -0.05) is 6.58 Å². The number of hydrogen-bond acceptors (Lipinski definition) is 6. The van der Waals surface area contributed by atoms with Crippen molar-refractivity contribution in [1.82, 2.24) is 15.5 Å². The van der Waals surface area contributed by atoms with E-state index in [0.29, 0.717) is 68.6 Å². The van der Waals surface area contributed by atoms with Gasteiger partial charge >= 0.3 is 6.09 Å². The number of fused-ring (bicyclic) bond motifs is 1. The van der Waals surface area contributed by atoms with Gasteiger partial charge in [0.1, 0.15) is 12.3 Å². The summed E-state index contributed by atoms with van der Waals surface area (Å²) in [7, 11) is 0. The molecule has 1 saturated heterocycles. The van der Waals surface area contributed by atoms with Crippen LogP contribution in [-0.4, -0.2) is 68.0 Å². The summed E-state index contributed by atoms with van der Waals surface area (Å²) in [6.07, 6.45) is 7.11. The number of unbranched alkanes of at least 4 members (excludes halogenated alkanes) is 1. The Morgan fingerprint density at radius 3 is 2.49 bits per heavy atom. The summed E-state index contributed by atoms with van der Waals surface area (Å²) in [4.78, 5) is 51.2. The molecule has 0 aromatic carbocycles. The Morgan fingerprint density at radius 1 is 1.08 bits per heavy atom. The molecule has 1 aliphatic heterocycles. The molecule has 39 heavy (non-hydrogen) atoms. The van der Waals surface area contributed by atoms with Gasteiger partial charge in [0.05, 0.1) is 6.61 Å². The van der Waals surface area contributed by atoms with Gasteiger partial charge in [0.2, 0.25) is 23.6 Å². The van der Waals surface area contributed by atoms with Crippen LogP contribution in [0.15, 0.2) is 29.2 Å². The fourth-order valence-electron chi connectivity index (χ4n) is 5.37. The lowest BCUT2D eigenvalue weighted by molar-refractivity contribution is -0.133. The maximum absolute atomic E-state index is 12.4. The Hall–Kier alpha value is -3.74. The molecule has 1 aromatic rings. The molecule has 0 bridgehead atoms. The van der Waals surface area contributed by atoms with Gasteiger partial charge in [0.25, 0.3) is 0 Å². The molecule has 0 spiro atoms. The molecule has 210 valence electrons. The summed E-state index contributed by atoms with van der Waals surface area (Å²) < 4.78 is 11.2. The molecule has 4 amide bonds. The molecule has 10 heteroatoms. The molecule has 2 heterocycles. The van der Waals surface area contributed by atoms with Crippen molar-refractivity contribution in [3.8, 4) is 11.8 Å². The SMILES string of the molecule is C=CC(=O)N1CCN(c2ccc(CCC(=O)NCCCCNC(=O)OCC3C4CCC#CCCC43)o2)C(=O)C1. The van der Waals surface area contributed by atoms with E-state index in [1.165, 1.54) is 15.9 Å². The number of piperazine rings is 1. The largest absolute Gasteiger partial charge is 0.449 e. The zero-order chi connectivity index (χ0) is 27.6. The lowest BCUT2D eigenvalue weighted by atomic mass is 10.1. The highest BCUT2D eigenvalue weighted by molar-refractivity contribution is 5.98. The second kappa shape index (κ2) is 13.9. The van der Waals surface area contributed by atoms with E-state index in [0.717, 1.165) is 38.5 Å². The third-order valence-corrected chi connectivity index (χ3v) is 7.66. The van der Waals surface area contributed by atoms with Crippen LogP contribution in [0.4, 0.5) is 10.7 Å². The predicted octanol–water partition coefficient (Wildman–Crippen LogP) is 2.64. The molecule has 2 N–H and O–H groups in total. The fraction of sp³-hybridized carbons (Fsp3) is 0.586. The van der Waals surface area contributed by atoms with Crippen LogP contribution < -0.4 is 15.5 Å². The lowest BCUT2D eigenvalue weighted by Crippen LogP contribution is -2.52. The van der Waals surface area contributed by atoms with Crippen molar-refractivity contribution in [2.75, 3.05) is 44.2 Å². The zero-order valence-electron chi connectivity index (χ0n) is 22.4. The fourth-order valence-corrected chi connectivity index (χ4v) is 5.37. The van der Waals surface area contributed by atoms with Crippen LogP contribution in [0.1, 0.15) is 50.7 Å². The first-order chi connectivity index (χ1) is 19.0. The Labute approximate surface area is 229 Å². The first-order valence-corrected chi connectivity index (χ1v) is 13.9. The first-order valence-electron chi connectivity index (χ1n) is 13.9. The number of alkyl carbamates (subject to hydrolysis) is 1. The maximum Gasteiger partial charge on any atom is 0.407 e. The molecule has 3 aliphatic rings. The number of rotatable bonds is 12. The molecular formula is C29H38N4O6. The molecule has 2 atom stereocenters. The molecule has 1 aromatic heterocycles. The van der Waals surface area contributed by atoms with Gasteiger partial charge in [-0.3, -0.25) is 19.3 Å². The number of amides is 4. The minimum Gasteiger partial charge on any atom is -0.449 e. The Bertz CT molecular complexity index is 1100. The average Bonchev–Trinajstić information content (AvgIpc) is 3.32. The summed E-state index contributed by atoms with van der Waals surface area (Å²) in [6.45, 7) is 5.69. The molecule has 2 fully saturated rings. The monoisotopic (exact) mass is 538 g/mol. The lowest BCUT2D eigenvalue weighted by Gasteiger charge is -2.32. The summed E-state index contributed by atoms with van der Waals surface area (Å²) in [5, 5.41) is 5.67. The third-order valence-electron chi connectivity index (χ3n) is 7.66. The third kappa shape index (κ3) is 8.12. The number of carbonyl (C=O) groups is 4. The Balaban J connectivity index is 1.02. The van der Waals surface area contributed by atoms with Crippen LogP contribution in [0.25, 0.3) is 0 Å². The zero-order valence-corrected chi connectivity index (χ0v) is 22.4. The van der Waals surface area contributed by atoms with Gasteiger partial charge in [-0.2, -0.15) is 0 Å². The first kappa shape index (κ1) is 28.3. The van der Waals surface area contributed by atoms with Crippen LogP contribution >= 0.6 is 0 Å². The number of ether oxygens (including phenoxy) is 1. The minimum atomic E-state index is -0.374. The van der Waals surface area contributed by atoms with Gasteiger partial charge in [-0.25, -0.2) is 4.79 Å². The minimum absolute atomic E-state index is 0.0164. The van der Waals surface area contributed by atoms with Crippen molar-refractivity contribution in [3.05, 3.63) is 30.5 Å². The average molecular weight is 539 g/mol. The second-order valence-corrected chi connectivity index (χ2v) is 10.3. The van der Waals surface area contributed by atoms with Crippen molar-refractivity contribution in [2.24, 2.45) is 17.8 Å². The Morgan fingerprint density at radius 2 is 1.79 bits per heavy atom. The van der Waals surface area contributed by atoms with Gasteiger partial charge in [0.15, 0.2) is 0 Å². The predicted molar refractivity (Wildman–Crippen MR) is 144 cm³/mol. The van der Waals surface area contributed by atoms with Crippen molar-refractivity contribution >= 4 is 29.7 Å². The maximum atomic E-state index is 12.4. The van der Waals surface area contributed by atoms with Gasteiger partial charge in [-0.05, 0) is 55.6 Å². The van der Waals surface area contributed by atoms with Crippen LogP contribution in [0.5, 0.6) is 0 Å². The number of nitrogens with one attached hydrogen (secondary N) is 2. The molecule has 10 nitrogen and oxygen atoms in total. The van der Waals surface area contributed by atoms with E-state index in [1.807, 2.05) is 0 Å². The van der Waals surface area contributed by atoms with Gasteiger partial charge in [-0.15, -0.1) is 11.8 Å². The Kier molecular flexibility index (Phi) is 10.1. The molecule has 1 saturated carbocycles. The number of carbonyl (C=O) groups excluding carboxylic acids is 4. The van der Waals surface area contributed by atoms with Crippen LogP contribution in [0, 0.1) is 29.6 Å². The van der Waals surface area contributed by atoms with Crippen LogP contribution in [0.2, 0.25) is 0 Å². The van der Waals surface area contributed by atoms with Crippen LogP contribution in [0.3, 0.4) is 0 Å². The molecule has 4 rings (SSSR count). The van der Waals surface area contributed by atoms with Crippen molar-refractivity contribution in [2.45, 2.75) is 51.4 Å². The second-order valence-electron chi connectivity index (χ2n) is 10.3. The molecule has 2 aliphatic carbocycles. The number of furan rings is 1. The quantitative estimate of drug-likeness (QED) is 0.240.